The zero-order valence-electron chi connectivity index (χ0n) is 17.4. The van der Waals surface area contributed by atoms with Crippen LogP contribution in [0.1, 0.15) is 48.0 Å². The Bertz CT molecular complexity index is 938. The third-order valence-electron chi connectivity index (χ3n) is 6.14. The molecule has 2 bridgehead atoms. The topological polar surface area (TPSA) is 79.6 Å². The van der Waals surface area contributed by atoms with Gasteiger partial charge in [-0.3, -0.25) is 4.79 Å². The monoisotopic (exact) mass is 418 g/mol. The van der Waals surface area contributed by atoms with Crippen molar-refractivity contribution in [3.05, 3.63) is 65.7 Å². The fraction of sp³-hybridized carbons (Fsp3) is 0.400. The minimum absolute atomic E-state index is 0.0598. The lowest BCUT2D eigenvalue weighted by molar-refractivity contribution is 0.0485. The minimum Gasteiger partial charge on any atom is -0.493 e. The van der Waals surface area contributed by atoms with Gasteiger partial charge in [-0.15, -0.1) is 0 Å². The van der Waals surface area contributed by atoms with Gasteiger partial charge in [0, 0.05) is 23.6 Å². The van der Waals surface area contributed by atoms with E-state index in [9.17, 15) is 9.59 Å². The molecule has 6 heteroatoms. The number of piperidine rings is 1. The molecule has 0 saturated carbocycles. The molecule has 1 amide bonds. The zero-order chi connectivity index (χ0) is 21.6. The van der Waals surface area contributed by atoms with Crippen molar-refractivity contribution in [3.8, 4) is 11.8 Å². The van der Waals surface area contributed by atoms with E-state index in [4.69, 9.17) is 14.7 Å². The van der Waals surface area contributed by atoms with Crippen LogP contribution >= 0.6 is 0 Å². The molecular formula is C25H26N2O4. The van der Waals surface area contributed by atoms with Gasteiger partial charge in [-0.25, -0.2) is 4.79 Å². The van der Waals surface area contributed by atoms with Crippen LogP contribution in [-0.2, 0) is 11.3 Å². The minimum atomic E-state index is -0.277. The summed E-state index contributed by atoms with van der Waals surface area (Å²) in [6.07, 6.45) is 3.24. The van der Waals surface area contributed by atoms with Crippen molar-refractivity contribution in [2.24, 2.45) is 5.92 Å². The van der Waals surface area contributed by atoms with Gasteiger partial charge in [-0.1, -0.05) is 30.3 Å². The number of rotatable bonds is 7. The number of benzene rings is 2. The van der Waals surface area contributed by atoms with E-state index in [-0.39, 0.29) is 36.5 Å². The van der Waals surface area contributed by atoms with Gasteiger partial charge in [0.1, 0.15) is 19.0 Å². The summed E-state index contributed by atoms with van der Waals surface area (Å²) in [5.41, 5.74) is 1.63. The molecule has 2 aromatic rings. The normalized spacial score (nSPS) is 21.9. The van der Waals surface area contributed by atoms with E-state index in [1.165, 1.54) is 0 Å². The second kappa shape index (κ2) is 9.65. The largest absolute Gasteiger partial charge is 0.493 e. The van der Waals surface area contributed by atoms with E-state index >= 15 is 0 Å². The first kappa shape index (κ1) is 20.9. The van der Waals surface area contributed by atoms with E-state index in [0.29, 0.717) is 37.2 Å². The predicted octanol–water partition coefficient (Wildman–Crippen LogP) is 4.74. The Kier molecular flexibility index (Phi) is 6.51. The number of hydrogen-bond acceptors (Lipinski definition) is 5. The van der Waals surface area contributed by atoms with E-state index in [2.05, 4.69) is 0 Å². The van der Waals surface area contributed by atoms with Crippen LogP contribution in [0.5, 0.6) is 5.75 Å². The van der Waals surface area contributed by atoms with Crippen molar-refractivity contribution in [3.63, 3.8) is 0 Å². The highest BCUT2D eigenvalue weighted by Gasteiger charge is 2.45. The smallest absolute Gasteiger partial charge is 0.410 e. The molecule has 31 heavy (non-hydrogen) atoms. The molecule has 4 rings (SSSR count). The van der Waals surface area contributed by atoms with Gasteiger partial charge in [0.25, 0.3) is 0 Å². The van der Waals surface area contributed by atoms with E-state index in [1.807, 2.05) is 41.3 Å². The summed E-state index contributed by atoms with van der Waals surface area (Å²) >= 11 is 0. The number of amides is 1. The number of hydrogen-bond donors (Lipinski definition) is 0. The molecule has 2 heterocycles. The van der Waals surface area contributed by atoms with Crippen LogP contribution in [0.4, 0.5) is 4.79 Å². The van der Waals surface area contributed by atoms with E-state index in [1.54, 1.807) is 24.3 Å². The molecule has 0 spiro atoms. The number of fused-ring (bicyclic) bond motifs is 2. The van der Waals surface area contributed by atoms with Crippen molar-refractivity contribution in [1.29, 1.82) is 5.26 Å². The van der Waals surface area contributed by atoms with Crippen LogP contribution in [0.25, 0.3) is 0 Å². The summed E-state index contributed by atoms with van der Waals surface area (Å²) in [5, 5.41) is 8.58. The van der Waals surface area contributed by atoms with Gasteiger partial charge in [0.15, 0.2) is 5.78 Å². The van der Waals surface area contributed by atoms with Crippen molar-refractivity contribution < 1.29 is 19.1 Å². The number of nitrogens with zero attached hydrogens (tertiary/aromatic N) is 2. The molecule has 2 aromatic carbocycles. The Hall–Kier alpha value is -3.33. The number of Topliss-reactive ketones (excluding diaryl/α,β-unsaturated/α-hetero) is 1. The number of nitriles is 1. The van der Waals surface area contributed by atoms with Crippen LogP contribution in [0.15, 0.2) is 54.6 Å². The van der Waals surface area contributed by atoms with Crippen molar-refractivity contribution >= 4 is 11.9 Å². The van der Waals surface area contributed by atoms with Crippen LogP contribution < -0.4 is 4.74 Å². The van der Waals surface area contributed by atoms with Crippen LogP contribution in [0, 0.1) is 17.2 Å². The number of carbonyl (C=O) groups is 2. The molecule has 160 valence electrons. The summed E-state index contributed by atoms with van der Waals surface area (Å²) in [7, 11) is 0. The van der Waals surface area contributed by atoms with Crippen LogP contribution in [-0.4, -0.2) is 35.5 Å². The Morgan fingerprint density at radius 1 is 1.00 bits per heavy atom. The van der Waals surface area contributed by atoms with Crippen LogP contribution in [0.3, 0.4) is 0 Å². The fourth-order valence-corrected chi connectivity index (χ4v) is 4.65. The average Bonchev–Trinajstić information content (AvgIpc) is 3.07. The summed E-state index contributed by atoms with van der Waals surface area (Å²) < 4.78 is 11.0. The van der Waals surface area contributed by atoms with Gasteiger partial charge in [-0.2, -0.15) is 5.26 Å². The van der Waals surface area contributed by atoms with E-state index in [0.717, 1.165) is 18.4 Å². The third kappa shape index (κ3) is 4.88. The maximum Gasteiger partial charge on any atom is 0.410 e. The van der Waals surface area contributed by atoms with Gasteiger partial charge >= 0.3 is 6.09 Å². The van der Waals surface area contributed by atoms with E-state index < -0.39 is 0 Å². The summed E-state index contributed by atoms with van der Waals surface area (Å²) in [4.78, 5) is 27.6. The molecular weight excluding hydrogens is 392 g/mol. The van der Waals surface area contributed by atoms with Crippen molar-refractivity contribution in [2.75, 3.05) is 6.61 Å². The molecule has 0 N–H and O–H groups in total. The molecule has 2 saturated heterocycles. The second-order valence-corrected chi connectivity index (χ2v) is 8.15. The summed E-state index contributed by atoms with van der Waals surface area (Å²) in [6.45, 7) is 0.604. The average molecular weight is 418 g/mol. The molecule has 2 aliphatic heterocycles. The van der Waals surface area contributed by atoms with Gasteiger partial charge in [-0.05, 0) is 55.5 Å². The number of ketones is 1. The Balaban J connectivity index is 1.33. The number of carbonyl (C=O) groups excluding carboxylic acids is 2. The highest BCUT2D eigenvalue weighted by molar-refractivity contribution is 5.98. The Morgan fingerprint density at radius 2 is 1.68 bits per heavy atom. The quantitative estimate of drug-likeness (QED) is 0.479. The lowest BCUT2D eigenvalue weighted by Gasteiger charge is -2.37. The zero-order valence-corrected chi connectivity index (χ0v) is 17.4. The lowest BCUT2D eigenvalue weighted by atomic mass is 9.85. The maximum atomic E-state index is 13.1. The van der Waals surface area contributed by atoms with Crippen molar-refractivity contribution in [2.45, 2.75) is 50.8 Å². The maximum absolute atomic E-state index is 13.1. The molecule has 0 aliphatic carbocycles. The number of ether oxygens (including phenoxy) is 2. The third-order valence-corrected chi connectivity index (χ3v) is 6.14. The first-order valence-corrected chi connectivity index (χ1v) is 10.8. The van der Waals surface area contributed by atoms with Crippen LogP contribution in [0.2, 0.25) is 0 Å². The molecule has 2 unspecified atom stereocenters. The molecule has 2 atom stereocenters. The molecule has 2 fully saturated rings. The highest BCUT2D eigenvalue weighted by atomic mass is 16.6. The summed E-state index contributed by atoms with van der Waals surface area (Å²) in [6, 6.07) is 18.9. The molecule has 2 aliphatic rings. The fourth-order valence-electron chi connectivity index (χ4n) is 4.65. The van der Waals surface area contributed by atoms with Crippen molar-refractivity contribution in [1.82, 2.24) is 4.90 Å². The van der Waals surface area contributed by atoms with Gasteiger partial charge in [0.05, 0.1) is 12.5 Å². The Labute approximate surface area is 182 Å². The van der Waals surface area contributed by atoms with Gasteiger partial charge < -0.3 is 14.4 Å². The molecule has 6 nitrogen and oxygen atoms in total. The first-order valence-electron chi connectivity index (χ1n) is 10.8. The second-order valence-electron chi connectivity index (χ2n) is 8.15. The Morgan fingerprint density at radius 3 is 2.32 bits per heavy atom. The predicted molar refractivity (Wildman–Crippen MR) is 114 cm³/mol. The standard InChI is InChI=1S/C25H26N2O4/c26-13-4-14-30-23-11-7-19(8-12-23)24(28)20-15-21-9-10-22(16-20)27(21)25(29)31-17-18-5-2-1-3-6-18/h1-3,5-8,11-12,20-22H,4,9-10,14-17H2. The van der Waals surface area contributed by atoms with Gasteiger partial charge in [0.2, 0.25) is 0 Å². The first-order chi connectivity index (χ1) is 15.2. The molecule has 0 radical (unpaired) electrons. The summed E-state index contributed by atoms with van der Waals surface area (Å²) in [5.74, 6) is 0.696. The highest BCUT2D eigenvalue weighted by Crippen LogP contribution is 2.40. The SMILES string of the molecule is N#CCCOc1ccc(C(=O)C2CC3CCC(C2)N3C(=O)OCc2ccccc2)cc1. The lowest BCUT2D eigenvalue weighted by Crippen LogP contribution is -2.48. The molecule has 0 aromatic heterocycles.